The molecule has 0 aromatic carbocycles. The molecule has 2 bridgehead atoms. The Morgan fingerprint density at radius 3 is 2.59 bits per heavy atom. The molecule has 2 fully saturated rings. The molecular weight excluding hydrogens is 272 g/mol. The van der Waals surface area contributed by atoms with Crippen molar-refractivity contribution in [1.29, 1.82) is 0 Å². The normalized spacial score (nSPS) is 49.3. The molecule has 1 N–H and O–H groups in total. The van der Waals surface area contributed by atoms with Gasteiger partial charge in [-0.3, -0.25) is 0 Å². The fourth-order valence-electron chi connectivity index (χ4n) is 5.56. The van der Waals surface area contributed by atoms with Crippen molar-refractivity contribution in [3.8, 4) is 0 Å². The van der Waals surface area contributed by atoms with Gasteiger partial charge in [-0.1, -0.05) is 25.5 Å². The van der Waals surface area contributed by atoms with Crippen LogP contribution in [0.5, 0.6) is 0 Å². The van der Waals surface area contributed by atoms with Crippen LogP contribution in [0.25, 0.3) is 0 Å². The molecule has 2 heterocycles. The van der Waals surface area contributed by atoms with Gasteiger partial charge in [0.1, 0.15) is 0 Å². The third-order valence-corrected chi connectivity index (χ3v) is 7.37. The van der Waals surface area contributed by atoms with Crippen LogP contribution in [0.1, 0.15) is 73.1 Å². The Hall–Kier alpha value is -0.340. The van der Waals surface area contributed by atoms with E-state index in [9.17, 15) is 5.11 Å². The van der Waals surface area contributed by atoms with Gasteiger partial charge in [0.05, 0.1) is 17.3 Å². The SMILES string of the molecule is CC1=C[C@@H](O)[C@@H]([C@@H](C)CC[C@@H]2[C@@H](C)[C@]3(C)CC[C@]2(C)O3)CC1. The van der Waals surface area contributed by atoms with E-state index in [1.54, 1.807) is 0 Å². The van der Waals surface area contributed by atoms with E-state index in [4.69, 9.17) is 4.74 Å². The lowest BCUT2D eigenvalue weighted by atomic mass is 9.66. The maximum absolute atomic E-state index is 10.3. The van der Waals surface area contributed by atoms with Gasteiger partial charge in [-0.25, -0.2) is 0 Å². The van der Waals surface area contributed by atoms with E-state index < -0.39 is 0 Å². The summed E-state index contributed by atoms with van der Waals surface area (Å²) in [7, 11) is 0. The average Bonchev–Trinajstić information content (AvgIpc) is 2.84. The Bertz CT molecular complexity index is 457. The van der Waals surface area contributed by atoms with Gasteiger partial charge in [0.25, 0.3) is 0 Å². The molecule has 0 amide bonds. The third kappa shape index (κ3) is 2.67. The standard InChI is InChI=1S/C20H34O2/c1-13-6-8-16(18(21)12-13)14(2)7-9-17-15(3)19(4)10-11-20(17,5)22-19/h12,14-18,21H,6-11H2,1-5H3/t14-,15+,16+,17+,18+,19-,20-/m0/s1. The summed E-state index contributed by atoms with van der Waals surface area (Å²) >= 11 is 0. The van der Waals surface area contributed by atoms with Gasteiger partial charge < -0.3 is 9.84 Å². The van der Waals surface area contributed by atoms with Crippen molar-refractivity contribution in [2.24, 2.45) is 23.7 Å². The molecule has 0 radical (unpaired) electrons. The van der Waals surface area contributed by atoms with Crippen LogP contribution in [0.4, 0.5) is 0 Å². The average molecular weight is 306 g/mol. The second-order valence-electron chi connectivity index (χ2n) is 8.88. The maximum Gasteiger partial charge on any atom is 0.0754 e. The Morgan fingerprint density at radius 1 is 1.32 bits per heavy atom. The predicted molar refractivity (Wildman–Crippen MR) is 90.7 cm³/mol. The largest absolute Gasteiger partial charge is 0.389 e. The molecule has 1 aliphatic carbocycles. The summed E-state index contributed by atoms with van der Waals surface area (Å²) in [6.45, 7) is 11.5. The maximum atomic E-state index is 10.3. The van der Waals surface area contributed by atoms with Gasteiger partial charge in [-0.2, -0.15) is 0 Å². The van der Waals surface area contributed by atoms with Crippen molar-refractivity contribution >= 4 is 0 Å². The van der Waals surface area contributed by atoms with Gasteiger partial charge >= 0.3 is 0 Å². The number of hydrogen-bond acceptors (Lipinski definition) is 2. The van der Waals surface area contributed by atoms with E-state index in [-0.39, 0.29) is 17.3 Å². The molecule has 2 aliphatic heterocycles. The van der Waals surface area contributed by atoms with Crippen LogP contribution in [0.15, 0.2) is 11.6 Å². The van der Waals surface area contributed by atoms with Crippen LogP contribution in [0.2, 0.25) is 0 Å². The number of ether oxygens (including phenoxy) is 1. The monoisotopic (exact) mass is 306 g/mol. The zero-order valence-corrected chi connectivity index (χ0v) is 15.1. The highest BCUT2D eigenvalue weighted by Crippen LogP contribution is 2.58. The topological polar surface area (TPSA) is 29.5 Å². The predicted octanol–water partition coefficient (Wildman–Crippen LogP) is 4.71. The zero-order chi connectivity index (χ0) is 16.1. The Balaban J connectivity index is 1.59. The molecule has 0 aromatic heterocycles. The summed E-state index contributed by atoms with van der Waals surface area (Å²) in [6.07, 6.45) is 9.07. The highest BCUT2D eigenvalue weighted by molar-refractivity contribution is 5.10. The second-order valence-corrected chi connectivity index (χ2v) is 8.88. The molecule has 0 aromatic rings. The number of rotatable bonds is 4. The van der Waals surface area contributed by atoms with Crippen LogP contribution in [-0.2, 0) is 4.74 Å². The van der Waals surface area contributed by atoms with Crippen LogP contribution in [-0.4, -0.2) is 22.4 Å². The molecular formula is C20H34O2. The number of aliphatic hydroxyl groups is 1. The van der Waals surface area contributed by atoms with Crippen molar-refractivity contribution in [1.82, 2.24) is 0 Å². The minimum atomic E-state index is -0.231. The van der Waals surface area contributed by atoms with Gasteiger partial charge in [-0.15, -0.1) is 0 Å². The Kier molecular flexibility index (Phi) is 4.23. The van der Waals surface area contributed by atoms with Crippen LogP contribution >= 0.6 is 0 Å². The fourth-order valence-corrected chi connectivity index (χ4v) is 5.56. The third-order valence-electron chi connectivity index (χ3n) is 7.37. The van der Waals surface area contributed by atoms with Crippen LogP contribution < -0.4 is 0 Å². The lowest BCUT2D eigenvalue weighted by Crippen LogP contribution is -2.37. The summed E-state index contributed by atoms with van der Waals surface area (Å²) in [6, 6.07) is 0. The smallest absolute Gasteiger partial charge is 0.0754 e. The number of hydrogen-bond donors (Lipinski definition) is 1. The lowest BCUT2D eigenvalue weighted by Gasteiger charge is -2.36. The number of aliphatic hydroxyl groups excluding tert-OH is 1. The van der Waals surface area contributed by atoms with Crippen LogP contribution in [0.3, 0.4) is 0 Å². The first-order chi connectivity index (χ1) is 10.3. The quantitative estimate of drug-likeness (QED) is 0.762. The Morgan fingerprint density at radius 2 is 2.00 bits per heavy atom. The second kappa shape index (κ2) is 5.63. The molecule has 2 nitrogen and oxygen atoms in total. The summed E-state index contributed by atoms with van der Waals surface area (Å²) in [4.78, 5) is 0. The van der Waals surface area contributed by atoms with E-state index in [1.165, 1.54) is 31.3 Å². The molecule has 2 heteroatoms. The number of allylic oxidation sites excluding steroid dienone is 1. The summed E-state index contributed by atoms with van der Waals surface area (Å²) < 4.78 is 6.43. The highest BCUT2D eigenvalue weighted by atomic mass is 16.5. The summed E-state index contributed by atoms with van der Waals surface area (Å²) in [5.74, 6) is 2.40. The first kappa shape index (κ1) is 16.5. The molecule has 2 saturated heterocycles. The van der Waals surface area contributed by atoms with E-state index in [1.807, 2.05) is 0 Å². The van der Waals surface area contributed by atoms with Gasteiger partial charge in [0.2, 0.25) is 0 Å². The molecule has 22 heavy (non-hydrogen) atoms. The van der Waals surface area contributed by atoms with E-state index >= 15 is 0 Å². The minimum absolute atomic E-state index is 0.107. The molecule has 3 aliphatic rings. The minimum Gasteiger partial charge on any atom is -0.389 e. The molecule has 0 saturated carbocycles. The zero-order valence-electron chi connectivity index (χ0n) is 15.1. The van der Waals surface area contributed by atoms with Crippen molar-refractivity contribution in [3.05, 3.63) is 11.6 Å². The fraction of sp³-hybridized carbons (Fsp3) is 0.900. The molecule has 126 valence electrons. The van der Waals surface area contributed by atoms with E-state index in [0.717, 1.165) is 12.8 Å². The van der Waals surface area contributed by atoms with Crippen molar-refractivity contribution in [2.45, 2.75) is 90.4 Å². The van der Waals surface area contributed by atoms with E-state index in [2.05, 4.69) is 40.7 Å². The molecule has 0 unspecified atom stereocenters. The lowest BCUT2D eigenvalue weighted by molar-refractivity contribution is -0.0434. The number of fused-ring (bicyclic) bond motifs is 2. The van der Waals surface area contributed by atoms with Crippen molar-refractivity contribution < 1.29 is 9.84 Å². The molecule has 7 atom stereocenters. The molecule has 3 rings (SSSR count). The first-order valence-electron chi connectivity index (χ1n) is 9.31. The van der Waals surface area contributed by atoms with Crippen molar-refractivity contribution in [3.63, 3.8) is 0 Å². The van der Waals surface area contributed by atoms with Crippen LogP contribution in [0, 0.1) is 23.7 Å². The summed E-state index contributed by atoms with van der Waals surface area (Å²) in [5.41, 5.74) is 1.58. The highest BCUT2D eigenvalue weighted by Gasteiger charge is 2.60. The Labute approximate surface area is 136 Å². The summed E-state index contributed by atoms with van der Waals surface area (Å²) in [5, 5.41) is 10.3. The first-order valence-corrected chi connectivity index (χ1v) is 9.31. The van der Waals surface area contributed by atoms with E-state index in [0.29, 0.717) is 23.7 Å². The molecule has 0 spiro atoms. The van der Waals surface area contributed by atoms with Gasteiger partial charge in [0, 0.05) is 0 Å². The van der Waals surface area contributed by atoms with Gasteiger partial charge in [-0.05, 0) is 83.0 Å². The van der Waals surface area contributed by atoms with Crippen molar-refractivity contribution in [2.75, 3.05) is 0 Å². The van der Waals surface area contributed by atoms with Gasteiger partial charge in [0.15, 0.2) is 0 Å².